The molecule has 26 heavy (non-hydrogen) atoms. The second-order valence-electron chi connectivity index (χ2n) is 6.52. The smallest absolute Gasteiger partial charge is 0.234 e. The van der Waals surface area contributed by atoms with Crippen molar-refractivity contribution in [3.63, 3.8) is 0 Å². The van der Waals surface area contributed by atoms with Gasteiger partial charge in [-0.05, 0) is 61.4 Å². The molecule has 1 aromatic carbocycles. The minimum absolute atomic E-state index is 0.0266. The highest BCUT2D eigenvalue weighted by molar-refractivity contribution is 7.99. The average molecular weight is 385 g/mol. The van der Waals surface area contributed by atoms with Gasteiger partial charge in [-0.15, -0.1) is 21.5 Å². The SMILES string of the molecule is Cc1ccc(NC(=O)CSc2nnc(-c3cccs3)n2C2CC2)cc1C. The van der Waals surface area contributed by atoms with Gasteiger partial charge in [0.1, 0.15) is 0 Å². The molecular formula is C19H20N4OS2. The Kier molecular flexibility index (Phi) is 4.82. The fraction of sp³-hybridized carbons (Fsp3) is 0.316. The predicted octanol–water partition coefficient (Wildman–Crippen LogP) is 4.69. The van der Waals surface area contributed by atoms with Gasteiger partial charge >= 0.3 is 0 Å². The summed E-state index contributed by atoms with van der Waals surface area (Å²) in [5, 5.41) is 14.6. The summed E-state index contributed by atoms with van der Waals surface area (Å²) >= 11 is 3.12. The number of aromatic nitrogens is 3. The molecule has 5 nitrogen and oxygen atoms in total. The summed E-state index contributed by atoms with van der Waals surface area (Å²) in [6.45, 7) is 4.11. The lowest BCUT2D eigenvalue weighted by molar-refractivity contribution is -0.113. The van der Waals surface area contributed by atoms with Crippen LogP contribution in [0.15, 0.2) is 40.9 Å². The summed E-state index contributed by atoms with van der Waals surface area (Å²) in [5.74, 6) is 1.21. The standard InChI is InChI=1S/C19H20N4OS2/c1-12-5-6-14(10-13(12)2)20-17(24)11-26-19-22-21-18(16-4-3-9-25-16)23(19)15-7-8-15/h3-6,9-10,15H,7-8,11H2,1-2H3,(H,20,24). The van der Waals surface area contributed by atoms with Crippen molar-refractivity contribution in [3.05, 3.63) is 46.8 Å². The van der Waals surface area contributed by atoms with Gasteiger partial charge in [0.2, 0.25) is 5.91 Å². The first-order valence-electron chi connectivity index (χ1n) is 8.60. The Morgan fingerprint density at radius 3 is 2.81 bits per heavy atom. The maximum atomic E-state index is 12.3. The summed E-state index contributed by atoms with van der Waals surface area (Å²) in [5.41, 5.74) is 3.22. The molecule has 0 saturated heterocycles. The first-order valence-corrected chi connectivity index (χ1v) is 10.5. The van der Waals surface area contributed by atoms with Crippen molar-refractivity contribution in [1.82, 2.24) is 14.8 Å². The highest BCUT2D eigenvalue weighted by Crippen LogP contribution is 2.41. The zero-order chi connectivity index (χ0) is 18.1. The highest BCUT2D eigenvalue weighted by atomic mass is 32.2. The lowest BCUT2D eigenvalue weighted by Gasteiger charge is -2.09. The van der Waals surface area contributed by atoms with Crippen LogP contribution in [-0.2, 0) is 4.79 Å². The molecule has 1 amide bonds. The van der Waals surface area contributed by atoms with Gasteiger partial charge in [0.05, 0.1) is 10.6 Å². The molecule has 4 rings (SSSR count). The third-order valence-electron chi connectivity index (χ3n) is 4.44. The monoisotopic (exact) mass is 384 g/mol. The van der Waals surface area contributed by atoms with Gasteiger partial charge in [-0.2, -0.15) is 0 Å². The Morgan fingerprint density at radius 2 is 2.12 bits per heavy atom. The number of hydrogen-bond acceptors (Lipinski definition) is 5. The molecule has 0 radical (unpaired) electrons. The van der Waals surface area contributed by atoms with E-state index in [1.165, 1.54) is 22.9 Å². The van der Waals surface area contributed by atoms with Crippen LogP contribution in [-0.4, -0.2) is 26.4 Å². The molecule has 134 valence electrons. The summed E-state index contributed by atoms with van der Waals surface area (Å²) in [6, 6.07) is 10.5. The summed E-state index contributed by atoms with van der Waals surface area (Å²) in [7, 11) is 0. The number of anilines is 1. The van der Waals surface area contributed by atoms with Gasteiger partial charge < -0.3 is 5.32 Å². The number of benzene rings is 1. The van der Waals surface area contributed by atoms with Crippen molar-refractivity contribution >= 4 is 34.7 Å². The van der Waals surface area contributed by atoms with Gasteiger partial charge in [-0.1, -0.05) is 23.9 Å². The quantitative estimate of drug-likeness (QED) is 0.627. The van der Waals surface area contributed by atoms with E-state index in [-0.39, 0.29) is 5.91 Å². The molecule has 2 aromatic heterocycles. The number of nitrogens with zero attached hydrogens (tertiary/aromatic N) is 3. The van der Waals surface area contributed by atoms with Gasteiger partial charge in [-0.3, -0.25) is 9.36 Å². The van der Waals surface area contributed by atoms with Gasteiger partial charge in [0, 0.05) is 11.7 Å². The average Bonchev–Trinajstić information content (AvgIpc) is 3.15. The molecule has 0 spiro atoms. The summed E-state index contributed by atoms with van der Waals surface area (Å²) < 4.78 is 2.19. The normalized spacial score (nSPS) is 13.8. The summed E-state index contributed by atoms with van der Waals surface area (Å²) in [4.78, 5) is 13.4. The van der Waals surface area contributed by atoms with Crippen LogP contribution >= 0.6 is 23.1 Å². The molecule has 1 aliphatic carbocycles. The fourth-order valence-electron chi connectivity index (χ4n) is 2.76. The molecule has 7 heteroatoms. The zero-order valence-electron chi connectivity index (χ0n) is 14.7. The van der Waals surface area contributed by atoms with Crippen molar-refractivity contribution in [2.24, 2.45) is 0 Å². The van der Waals surface area contributed by atoms with Crippen molar-refractivity contribution in [1.29, 1.82) is 0 Å². The van der Waals surface area contributed by atoms with E-state index in [0.29, 0.717) is 11.8 Å². The Bertz CT molecular complexity index is 929. The van der Waals surface area contributed by atoms with Crippen molar-refractivity contribution in [3.8, 4) is 10.7 Å². The third-order valence-corrected chi connectivity index (χ3v) is 6.25. The molecule has 1 aliphatic rings. The van der Waals surface area contributed by atoms with Gasteiger partial charge in [0.15, 0.2) is 11.0 Å². The van der Waals surface area contributed by atoms with E-state index in [1.54, 1.807) is 11.3 Å². The van der Waals surface area contributed by atoms with Crippen LogP contribution < -0.4 is 5.32 Å². The van der Waals surface area contributed by atoms with E-state index >= 15 is 0 Å². The number of amides is 1. The second kappa shape index (κ2) is 7.25. The van der Waals surface area contributed by atoms with Gasteiger partial charge in [-0.25, -0.2) is 0 Å². The Hall–Kier alpha value is -2.12. The lowest BCUT2D eigenvalue weighted by Crippen LogP contribution is -2.14. The van der Waals surface area contributed by atoms with Crippen LogP contribution in [0.2, 0.25) is 0 Å². The van der Waals surface area contributed by atoms with Crippen LogP contribution in [0.1, 0.15) is 30.0 Å². The van der Waals surface area contributed by atoms with Crippen LogP contribution in [0.5, 0.6) is 0 Å². The molecule has 0 bridgehead atoms. The van der Waals surface area contributed by atoms with Crippen molar-refractivity contribution < 1.29 is 4.79 Å². The second-order valence-corrected chi connectivity index (χ2v) is 8.41. The number of thioether (sulfide) groups is 1. The first-order chi connectivity index (χ1) is 12.6. The maximum absolute atomic E-state index is 12.3. The number of carbonyl (C=O) groups is 1. The molecule has 2 heterocycles. The van der Waals surface area contributed by atoms with Crippen molar-refractivity contribution in [2.45, 2.75) is 37.9 Å². The maximum Gasteiger partial charge on any atom is 0.234 e. The Balaban J connectivity index is 1.44. The van der Waals surface area contributed by atoms with E-state index in [4.69, 9.17) is 0 Å². The van der Waals surface area contributed by atoms with E-state index in [9.17, 15) is 4.79 Å². The van der Waals surface area contributed by atoms with Crippen LogP contribution in [0.4, 0.5) is 5.69 Å². The van der Waals surface area contributed by atoms with Gasteiger partial charge in [0.25, 0.3) is 0 Å². The van der Waals surface area contributed by atoms with E-state index < -0.39 is 0 Å². The molecule has 0 atom stereocenters. The third kappa shape index (κ3) is 3.68. The molecule has 0 aliphatic heterocycles. The number of rotatable bonds is 6. The van der Waals surface area contributed by atoms with E-state index in [1.807, 2.05) is 36.6 Å². The fourth-order valence-corrected chi connectivity index (χ4v) is 4.27. The van der Waals surface area contributed by atoms with Crippen LogP contribution in [0.25, 0.3) is 10.7 Å². The molecule has 1 N–H and O–H groups in total. The van der Waals surface area contributed by atoms with Crippen LogP contribution in [0.3, 0.4) is 0 Å². The van der Waals surface area contributed by atoms with E-state index in [2.05, 4.69) is 33.1 Å². The lowest BCUT2D eigenvalue weighted by atomic mass is 10.1. The first kappa shape index (κ1) is 17.3. The minimum Gasteiger partial charge on any atom is -0.325 e. The Morgan fingerprint density at radius 1 is 1.27 bits per heavy atom. The molecule has 3 aromatic rings. The minimum atomic E-state index is -0.0266. The Labute approximate surface area is 160 Å². The summed E-state index contributed by atoms with van der Waals surface area (Å²) in [6.07, 6.45) is 2.30. The highest BCUT2D eigenvalue weighted by Gasteiger charge is 2.30. The molecule has 1 saturated carbocycles. The molecule has 0 unspecified atom stereocenters. The predicted molar refractivity (Wildman–Crippen MR) is 107 cm³/mol. The van der Waals surface area contributed by atoms with Crippen molar-refractivity contribution in [2.75, 3.05) is 11.1 Å². The number of thiophene rings is 1. The number of hydrogen-bond donors (Lipinski definition) is 1. The largest absolute Gasteiger partial charge is 0.325 e. The number of nitrogens with one attached hydrogen (secondary N) is 1. The van der Waals surface area contributed by atoms with Crippen LogP contribution in [0, 0.1) is 13.8 Å². The number of carbonyl (C=O) groups excluding carboxylic acids is 1. The molecular weight excluding hydrogens is 364 g/mol. The van der Waals surface area contributed by atoms with E-state index in [0.717, 1.165) is 34.4 Å². The molecule has 1 fully saturated rings. The zero-order valence-corrected chi connectivity index (χ0v) is 16.4. The number of aryl methyl sites for hydroxylation is 2. The topological polar surface area (TPSA) is 59.8 Å².